The standard InChI is InChI=1S/C17H25N3O/c1-3-14-11-20(12-14)13(2)15-7-6-8-16(18-15)17(21)19-9-4-5-10-19/h6-8,13-14H,3-5,9-12H2,1-2H3. The number of pyridine rings is 1. The van der Waals surface area contributed by atoms with E-state index >= 15 is 0 Å². The first-order valence-corrected chi connectivity index (χ1v) is 8.19. The van der Waals surface area contributed by atoms with Gasteiger partial charge < -0.3 is 4.90 Å². The second-order valence-corrected chi connectivity index (χ2v) is 6.35. The molecule has 2 saturated heterocycles. The van der Waals surface area contributed by atoms with Crippen LogP contribution in [0.2, 0.25) is 0 Å². The molecular formula is C17H25N3O. The number of aromatic nitrogens is 1. The normalized spacial score (nSPS) is 21.3. The second kappa shape index (κ2) is 6.14. The molecule has 0 spiro atoms. The molecule has 2 aliphatic heterocycles. The van der Waals surface area contributed by atoms with Gasteiger partial charge in [0.1, 0.15) is 5.69 Å². The molecule has 4 heteroatoms. The summed E-state index contributed by atoms with van der Waals surface area (Å²) in [5.74, 6) is 0.929. The summed E-state index contributed by atoms with van der Waals surface area (Å²) < 4.78 is 0. The van der Waals surface area contributed by atoms with E-state index in [-0.39, 0.29) is 5.91 Å². The smallest absolute Gasteiger partial charge is 0.272 e. The average Bonchev–Trinajstić information content (AvgIpc) is 2.99. The monoisotopic (exact) mass is 287 g/mol. The van der Waals surface area contributed by atoms with Crippen LogP contribution in [0.4, 0.5) is 0 Å². The van der Waals surface area contributed by atoms with E-state index in [2.05, 4.69) is 23.7 Å². The molecule has 0 aliphatic carbocycles. The predicted octanol–water partition coefficient (Wildman–Crippen LogP) is 2.72. The number of likely N-dealkylation sites (tertiary alicyclic amines) is 2. The van der Waals surface area contributed by atoms with Crippen molar-refractivity contribution in [2.45, 2.75) is 39.2 Å². The van der Waals surface area contributed by atoms with Crippen LogP contribution in [0.1, 0.15) is 55.3 Å². The lowest BCUT2D eigenvalue weighted by Crippen LogP contribution is -2.47. The molecule has 2 fully saturated rings. The van der Waals surface area contributed by atoms with E-state index in [4.69, 9.17) is 0 Å². The Balaban J connectivity index is 1.69. The molecule has 114 valence electrons. The molecule has 0 N–H and O–H groups in total. The molecule has 1 unspecified atom stereocenters. The third-order valence-corrected chi connectivity index (χ3v) is 4.92. The zero-order chi connectivity index (χ0) is 14.8. The fourth-order valence-electron chi connectivity index (χ4n) is 3.26. The lowest BCUT2D eigenvalue weighted by atomic mass is 9.94. The molecule has 1 aromatic heterocycles. The van der Waals surface area contributed by atoms with Gasteiger partial charge in [-0.3, -0.25) is 9.69 Å². The van der Waals surface area contributed by atoms with Crippen molar-refractivity contribution < 1.29 is 4.79 Å². The molecule has 1 amide bonds. The summed E-state index contributed by atoms with van der Waals surface area (Å²) in [6.45, 7) is 8.51. The molecular weight excluding hydrogens is 262 g/mol. The van der Waals surface area contributed by atoms with Gasteiger partial charge in [-0.05, 0) is 37.8 Å². The Bertz CT molecular complexity index is 505. The molecule has 0 aromatic carbocycles. The number of carbonyl (C=O) groups is 1. The summed E-state index contributed by atoms with van der Waals surface area (Å²) in [6.07, 6.45) is 3.49. The van der Waals surface area contributed by atoms with Crippen LogP contribution in [-0.4, -0.2) is 46.9 Å². The van der Waals surface area contributed by atoms with Gasteiger partial charge in [-0.25, -0.2) is 4.98 Å². The Morgan fingerprint density at radius 1 is 1.33 bits per heavy atom. The predicted molar refractivity (Wildman–Crippen MR) is 83.1 cm³/mol. The first-order chi connectivity index (χ1) is 10.2. The van der Waals surface area contributed by atoms with Crippen molar-refractivity contribution in [3.05, 3.63) is 29.6 Å². The zero-order valence-electron chi connectivity index (χ0n) is 13.1. The van der Waals surface area contributed by atoms with Gasteiger partial charge in [0.25, 0.3) is 5.91 Å². The Hall–Kier alpha value is -1.42. The summed E-state index contributed by atoms with van der Waals surface area (Å²) in [4.78, 5) is 21.4. The SMILES string of the molecule is CCC1CN(C(C)c2cccc(C(=O)N3CCCC3)n2)C1. The minimum atomic E-state index is 0.0941. The van der Waals surface area contributed by atoms with Crippen LogP contribution in [0, 0.1) is 5.92 Å². The highest BCUT2D eigenvalue weighted by Crippen LogP contribution is 2.29. The Morgan fingerprint density at radius 2 is 2.05 bits per heavy atom. The van der Waals surface area contributed by atoms with Gasteiger partial charge >= 0.3 is 0 Å². The Morgan fingerprint density at radius 3 is 2.71 bits per heavy atom. The first kappa shape index (κ1) is 14.5. The van der Waals surface area contributed by atoms with E-state index in [1.807, 2.05) is 23.1 Å². The maximum Gasteiger partial charge on any atom is 0.272 e. The topological polar surface area (TPSA) is 36.4 Å². The third-order valence-electron chi connectivity index (χ3n) is 4.92. The van der Waals surface area contributed by atoms with Crippen molar-refractivity contribution in [1.29, 1.82) is 0 Å². The van der Waals surface area contributed by atoms with E-state index in [9.17, 15) is 4.79 Å². The van der Waals surface area contributed by atoms with Crippen molar-refractivity contribution in [2.75, 3.05) is 26.2 Å². The number of hydrogen-bond acceptors (Lipinski definition) is 3. The van der Waals surface area contributed by atoms with Gasteiger partial charge in [0.2, 0.25) is 0 Å². The van der Waals surface area contributed by atoms with Crippen LogP contribution in [0.15, 0.2) is 18.2 Å². The second-order valence-electron chi connectivity index (χ2n) is 6.35. The highest BCUT2D eigenvalue weighted by Gasteiger charge is 2.30. The molecule has 0 saturated carbocycles. The highest BCUT2D eigenvalue weighted by molar-refractivity contribution is 5.92. The maximum atomic E-state index is 12.4. The van der Waals surface area contributed by atoms with Crippen LogP contribution in [0.25, 0.3) is 0 Å². The van der Waals surface area contributed by atoms with E-state index in [1.54, 1.807) is 0 Å². The quantitative estimate of drug-likeness (QED) is 0.854. The zero-order valence-corrected chi connectivity index (χ0v) is 13.1. The molecule has 1 atom stereocenters. The molecule has 0 bridgehead atoms. The molecule has 2 aliphatic rings. The first-order valence-electron chi connectivity index (χ1n) is 8.19. The van der Waals surface area contributed by atoms with E-state index in [0.717, 1.165) is 50.6 Å². The van der Waals surface area contributed by atoms with Crippen molar-refractivity contribution in [1.82, 2.24) is 14.8 Å². The van der Waals surface area contributed by atoms with Crippen LogP contribution in [-0.2, 0) is 0 Å². The lowest BCUT2D eigenvalue weighted by Gasteiger charge is -2.42. The van der Waals surface area contributed by atoms with E-state index in [0.29, 0.717) is 11.7 Å². The van der Waals surface area contributed by atoms with Crippen molar-refractivity contribution in [2.24, 2.45) is 5.92 Å². The summed E-state index contributed by atoms with van der Waals surface area (Å²) >= 11 is 0. The lowest BCUT2D eigenvalue weighted by molar-refractivity contribution is 0.0557. The minimum Gasteiger partial charge on any atom is -0.337 e. The van der Waals surface area contributed by atoms with Gasteiger partial charge in [0.05, 0.1) is 5.69 Å². The van der Waals surface area contributed by atoms with Gasteiger partial charge in [0.15, 0.2) is 0 Å². The van der Waals surface area contributed by atoms with Gasteiger partial charge in [-0.1, -0.05) is 19.4 Å². The molecule has 0 radical (unpaired) electrons. The van der Waals surface area contributed by atoms with E-state index in [1.165, 1.54) is 6.42 Å². The largest absolute Gasteiger partial charge is 0.337 e. The fraction of sp³-hybridized carbons (Fsp3) is 0.647. The molecule has 3 heterocycles. The number of hydrogen-bond donors (Lipinski definition) is 0. The van der Waals surface area contributed by atoms with Gasteiger partial charge in [-0.2, -0.15) is 0 Å². The van der Waals surface area contributed by atoms with Gasteiger partial charge in [0, 0.05) is 32.2 Å². The summed E-state index contributed by atoms with van der Waals surface area (Å²) in [6, 6.07) is 6.17. The number of rotatable bonds is 4. The van der Waals surface area contributed by atoms with Crippen molar-refractivity contribution in [3.63, 3.8) is 0 Å². The number of carbonyl (C=O) groups excluding carboxylic acids is 1. The fourth-order valence-corrected chi connectivity index (χ4v) is 3.26. The molecule has 4 nitrogen and oxygen atoms in total. The molecule has 21 heavy (non-hydrogen) atoms. The number of nitrogens with zero attached hydrogens (tertiary/aromatic N) is 3. The van der Waals surface area contributed by atoms with Gasteiger partial charge in [-0.15, -0.1) is 0 Å². The molecule has 1 aromatic rings. The summed E-state index contributed by atoms with van der Waals surface area (Å²) in [7, 11) is 0. The summed E-state index contributed by atoms with van der Waals surface area (Å²) in [5.41, 5.74) is 1.63. The Kier molecular flexibility index (Phi) is 4.24. The van der Waals surface area contributed by atoms with Crippen LogP contribution >= 0.6 is 0 Å². The number of amides is 1. The van der Waals surface area contributed by atoms with Crippen molar-refractivity contribution in [3.8, 4) is 0 Å². The van der Waals surface area contributed by atoms with Crippen LogP contribution < -0.4 is 0 Å². The van der Waals surface area contributed by atoms with Crippen LogP contribution in [0.5, 0.6) is 0 Å². The average molecular weight is 287 g/mol. The van der Waals surface area contributed by atoms with Crippen molar-refractivity contribution >= 4 is 5.91 Å². The summed E-state index contributed by atoms with van der Waals surface area (Å²) in [5, 5.41) is 0. The highest BCUT2D eigenvalue weighted by atomic mass is 16.2. The van der Waals surface area contributed by atoms with E-state index < -0.39 is 0 Å². The Labute approximate surface area is 127 Å². The molecule has 3 rings (SSSR count). The maximum absolute atomic E-state index is 12.4. The third kappa shape index (κ3) is 2.95. The minimum absolute atomic E-state index is 0.0941. The van der Waals surface area contributed by atoms with Crippen LogP contribution in [0.3, 0.4) is 0 Å².